The van der Waals surface area contributed by atoms with E-state index in [4.69, 9.17) is 0 Å². The van der Waals surface area contributed by atoms with Crippen LogP contribution in [0.1, 0.15) is 30.5 Å². The van der Waals surface area contributed by atoms with Crippen molar-refractivity contribution < 1.29 is 0 Å². The lowest BCUT2D eigenvalue weighted by Crippen LogP contribution is -2.21. The predicted octanol–water partition coefficient (Wildman–Crippen LogP) is 1.11. The van der Waals surface area contributed by atoms with E-state index >= 15 is 0 Å². The van der Waals surface area contributed by atoms with Gasteiger partial charge in [-0.25, -0.2) is 9.78 Å². The maximum absolute atomic E-state index is 11.0. The van der Waals surface area contributed by atoms with E-state index in [1.54, 1.807) is 6.20 Å². The highest BCUT2D eigenvalue weighted by Gasteiger charge is 2.10. The zero-order valence-corrected chi connectivity index (χ0v) is 9.83. The molecule has 0 amide bonds. The Morgan fingerprint density at radius 2 is 2.19 bits per heavy atom. The molecular formula is C12H19N3O. The molecule has 1 N–H and O–H groups in total. The summed E-state index contributed by atoms with van der Waals surface area (Å²) in [7, 11) is 0. The molecule has 1 aliphatic rings. The van der Waals surface area contributed by atoms with Gasteiger partial charge in [0.1, 0.15) is 0 Å². The molecule has 2 heterocycles. The predicted molar refractivity (Wildman–Crippen MR) is 63.6 cm³/mol. The van der Waals surface area contributed by atoms with Gasteiger partial charge in [0.05, 0.1) is 0 Å². The van der Waals surface area contributed by atoms with Crippen LogP contribution in [0.3, 0.4) is 0 Å². The Balaban J connectivity index is 1.82. The van der Waals surface area contributed by atoms with Crippen LogP contribution in [0.2, 0.25) is 0 Å². The van der Waals surface area contributed by atoms with Crippen molar-refractivity contribution in [3.8, 4) is 0 Å². The van der Waals surface area contributed by atoms with Gasteiger partial charge < -0.3 is 9.88 Å². The van der Waals surface area contributed by atoms with Crippen LogP contribution >= 0.6 is 0 Å². The van der Waals surface area contributed by atoms with E-state index in [0.29, 0.717) is 0 Å². The number of hydrogen-bond acceptors (Lipinski definition) is 3. The maximum atomic E-state index is 11.0. The highest BCUT2D eigenvalue weighted by molar-refractivity contribution is 5.14. The Morgan fingerprint density at radius 3 is 2.88 bits per heavy atom. The Hall–Kier alpha value is -1.16. The van der Waals surface area contributed by atoms with E-state index in [1.807, 2.05) is 6.92 Å². The first kappa shape index (κ1) is 11.3. The fraction of sp³-hybridized carbons (Fsp3) is 0.667. The molecule has 1 fully saturated rings. The minimum absolute atomic E-state index is 0.249. The molecule has 0 aliphatic carbocycles. The Bertz CT molecular complexity index is 393. The third-order valence-corrected chi connectivity index (χ3v) is 3.23. The van der Waals surface area contributed by atoms with Crippen LogP contribution in [0, 0.1) is 6.92 Å². The number of rotatable bonds is 4. The molecular weight excluding hydrogens is 202 g/mol. The molecule has 1 aromatic rings. The SMILES string of the molecule is Cc1[nH]c(=O)ncc1CCCN1CCCC1. The smallest absolute Gasteiger partial charge is 0.310 e. The van der Waals surface area contributed by atoms with Gasteiger partial charge in [0.2, 0.25) is 0 Å². The van der Waals surface area contributed by atoms with Crippen molar-refractivity contribution in [3.63, 3.8) is 0 Å². The van der Waals surface area contributed by atoms with E-state index in [1.165, 1.54) is 38.0 Å². The second kappa shape index (κ2) is 5.25. The van der Waals surface area contributed by atoms with Crippen LogP contribution in [0.4, 0.5) is 0 Å². The molecule has 0 radical (unpaired) electrons. The lowest BCUT2D eigenvalue weighted by Gasteiger charge is -2.14. The molecule has 1 aliphatic heterocycles. The fourth-order valence-electron chi connectivity index (χ4n) is 2.26. The standard InChI is InChI=1S/C12H19N3O/c1-10-11(9-13-12(16)14-10)5-4-8-15-6-2-3-7-15/h9H,2-8H2,1H3,(H,13,14,16). The number of aryl methyl sites for hydroxylation is 2. The number of H-pyrrole nitrogens is 1. The lowest BCUT2D eigenvalue weighted by atomic mass is 10.1. The zero-order chi connectivity index (χ0) is 11.4. The molecule has 88 valence electrons. The fourth-order valence-corrected chi connectivity index (χ4v) is 2.26. The molecule has 1 saturated heterocycles. The largest absolute Gasteiger partial charge is 0.345 e. The molecule has 0 unspecified atom stereocenters. The van der Waals surface area contributed by atoms with Crippen LogP contribution in [-0.4, -0.2) is 34.5 Å². The summed E-state index contributed by atoms with van der Waals surface area (Å²) in [5, 5.41) is 0. The van der Waals surface area contributed by atoms with Crippen molar-refractivity contribution in [2.75, 3.05) is 19.6 Å². The minimum Gasteiger partial charge on any atom is -0.310 e. The van der Waals surface area contributed by atoms with Crippen molar-refractivity contribution in [1.29, 1.82) is 0 Å². The third-order valence-electron chi connectivity index (χ3n) is 3.23. The number of likely N-dealkylation sites (tertiary alicyclic amines) is 1. The first-order chi connectivity index (χ1) is 7.75. The molecule has 16 heavy (non-hydrogen) atoms. The molecule has 0 saturated carbocycles. The molecule has 2 rings (SSSR count). The first-order valence-corrected chi connectivity index (χ1v) is 6.03. The average molecular weight is 221 g/mol. The van der Waals surface area contributed by atoms with Gasteiger partial charge in [-0.15, -0.1) is 0 Å². The van der Waals surface area contributed by atoms with Gasteiger partial charge in [-0.1, -0.05) is 0 Å². The summed E-state index contributed by atoms with van der Waals surface area (Å²) < 4.78 is 0. The van der Waals surface area contributed by atoms with Crippen LogP contribution in [0.25, 0.3) is 0 Å². The summed E-state index contributed by atoms with van der Waals surface area (Å²) in [6.07, 6.45) is 6.55. The monoisotopic (exact) mass is 221 g/mol. The van der Waals surface area contributed by atoms with Crippen molar-refractivity contribution in [1.82, 2.24) is 14.9 Å². The van der Waals surface area contributed by atoms with Crippen LogP contribution < -0.4 is 5.69 Å². The number of hydrogen-bond donors (Lipinski definition) is 1. The molecule has 4 heteroatoms. The molecule has 0 atom stereocenters. The first-order valence-electron chi connectivity index (χ1n) is 6.03. The van der Waals surface area contributed by atoms with E-state index in [-0.39, 0.29) is 5.69 Å². The second-order valence-electron chi connectivity index (χ2n) is 4.49. The highest BCUT2D eigenvalue weighted by atomic mass is 16.1. The van der Waals surface area contributed by atoms with Gasteiger partial charge >= 0.3 is 5.69 Å². The number of aromatic amines is 1. The van der Waals surface area contributed by atoms with Gasteiger partial charge in [-0.05, 0) is 57.8 Å². The Morgan fingerprint density at radius 1 is 1.44 bits per heavy atom. The molecule has 4 nitrogen and oxygen atoms in total. The molecule has 0 spiro atoms. The van der Waals surface area contributed by atoms with Crippen LogP contribution in [0.15, 0.2) is 11.0 Å². The second-order valence-corrected chi connectivity index (χ2v) is 4.49. The van der Waals surface area contributed by atoms with Crippen LogP contribution in [0.5, 0.6) is 0 Å². The maximum Gasteiger partial charge on any atom is 0.345 e. The Kier molecular flexibility index (Phi) is 3.72. The average Bonchev–Trinajstić information content (AvgIpc) is 2.74. The topological polar surface area (TPSA) is 49.0 Å². The van der Waals surface area contributed by atoms with Gasteiger partial charge in [0.25, 0.3) is 0 Å². The summed E-state index contributed by atoms with van der Waals surface area (Å²) in [5.74, 6) is 0. The number of nitrogens with one attached hydrogen (secondary N) is 1. The van der Waals surface area contributed by atoms with E-state index in [2.05, 4.69) is 14.9 Å². The summed E-state index contributed by atoms with van der Waals surface area (Å²) >= 11 is 0. The zero-order valence-electron chi connectivity index (χ0n) is 9.83. The summed E-state index contributed by atoms with van der Waals surface area (Å²) in [4.78, 5) is 20.0. The Labute approximate surface area is 95.7 Å². The normalized spacial score (nSPS) is 16.8. The van der Waals surface area contributed by atoms with Crippen molar-refractivity contribution >= 4 is 0 Å². The molecule has 1 aromatic heterocycles. The highest BCUT2D eigenvalue weighted by Crippen LogP contribution is 2.10. The van der Waals surface area contributed by atoms with Crippen molar-refractivity contribution in [2.45, 2.75) is 32.6 Å². The summed E-state index contributed by atoms with van der Waals surface area (Å²) in [6, 6.07) is 0. The number of nitrogens with zero attached hydrogens (tertiary/aromatic N) is 2. The van der Waals surface area contributed by atoms with E-state index in [0.717, 1.165) is 18.5 Å². The lowest BCUT2D eigenvalue weighted by molar-refractivity contribution is 0.334. The molecule has 0 aromatic carbocycles. The van der Waals surface area contributed by atoms with Gasteiger partial charge in [0.15, 0.2) is 0 Å². The van der Waals surface area contributed by atoms with E-state index in [9.17, 15) is 4.79 Å². The number of aromatic nitrogens is 2. The summed E-state index contributed by atoms with van der Waals surface area (Å²) in [6.45, 7) is 5.61. The minimum atomic E-state index is -0.249. The molecule has 0 bridgehead atoms. The van der Waals surface area contributed by atoms with E-state index < -0.39 is 0 Å². The van der Waals surface area contributed by atoms with Gasteiger partial charge in [-0.3, -0.25) is 0 Å². The van der Waals surface area contributed by atoms with Crippen LogP contribution in [-0.2, 0) is 6.42 Å². The van der Waals surface area contributed by atoms with Crippen molar-refractivity contribution in [2.24, 2.45) is 0 Å². The van der Waals surface area contributed by atoms with Gasteiger partial charge in [-0.2, -0.15) is 0 Å². The van der Waals surface area contributed by atoms with Crippen molar-refractivity contribution in [3.05, 3.63) is 27.9 Å². The summed E-state index contributed by atoms with van der Waals surface area (Å²) in [5.41, 5.74) is 1.88. The third kappa shape index (κ3) is 2.92. The van der Waals surface area contributed by atoms with Gasteiger partial charge in [0, 0.05) is 11.9 Å². The quantitative estimate of drug-likeness (QED) is 0.828.